The lowest BCUT2D eigenvalue weighted by atomic mass is 10.3. The average molecular weight is 335 g/mol. The first-order chi connectivity index (χ1) is 10.3. The van der Waals surface area contributed by atoms with Gasteiger partial charge in [-0.15, -0.1) is 0 Å². The highest BCUT2D eigenvalue weighted by Crippen LogP contribution is 2.18. The fourth-order valence-corrected chi connectivity index (χ4v) is 4.61. The predicted molar refractivity (Wildman–Crippen MR) is 80.5 cm³/mol. The van der Waals surface area contributed by atoms with E-state index in [1.54, 1.807) is 4.90 Å². The molecule has 0 radical (unpaired) electrons. The normalized spacial score (nSPS) is 28.8. The zero-order valence-corrected chi connectivity index (χ0v) is 14.2. The zero-order chi connectivity index (χ0) is 16.3. The Morgan fingerprint density at radius 1 is 1.09 bits per heavy atom. The van der Waals surface area contributed by atoms with Crippen molar-refractivity contribution in [3.63, 3.8) is 0 Å². The van der Waals surface area contributed by atoms with Crippen LogP contribution in [0.25, 0.3) is 0 Å². The van der Waals surface area contributed by atoms with Crippen molar-refractivity contribution in [2.75, 3.05) is 53.0 Å². The zero-order valence-electron chi connectivity index (χ0n) is 13.4. The summed E-state index contributed by atoms with van der Waals surface area (Å²) in [5, 5.41) is 0. The molecule has 0 aromatic rings. The van der Waals surface area contributed by atoms with Crippen LogP contribution in [0.4, 0.5) is 0 Å². The van der Waals surface area contributed by atoms with Gasteiger partial charge in [0.25, 0.3) is 10.2 Å². The molecule has 2 atom stereocenters. The number of morpholine rings is 1. The molecule has 0 bridgehead atoms. The van der Waals surface area contributed by atoms with Gasteiger partial charge in [-0.2, -0.15) is 17.0 Å². The SMILES string of the molecule is COCC(=O)N1CCN(S(=O)(=O)N2C[C@@H](C)O[C@H](C)C2)CC1. The molecule has 1 amide bonds. The third-order valence-electron chi connectivity index (χ3n) is 3.90. The second-order valence-electron chi connectivity index (χ2n) is 5.79. The van der Waals surface area contributed by atoms with Crippen LogP contribution in [0.15, 0.2) is 0 Å². The topological polar surface area (TPSA) is 79.4 Å². The Bertz CT molecular complexity index is 480. The Kier molecular flexibility index (Phi) is 5.78. The summed E-state index contributed by atoms with van der Waals surface area (Å²) in [4.78, 5) is 13.4. The van der Waals surface area contributed by atoms with Crippen LogP contribution in [-0.4, -0.2) is 93.0 Å². The minimum absolute atomic E-state index is 0.0330. The molecule has 0 saturated carbocycles. The van der Waals surface area contributed by atoms with Gasteiger partial charge in [-0.25, -0.2) is 0 Å². The molecule has 2 saturated heterocycles. The molecule has 2 aliphatic rings. The lowest BCUT2D eigenvalue weighted by Gasteiger charge is -2.40. The molecular weight excluding hydrogens is 310 g/mol. The molecule has 22 heavy (non-hydrogen) atoms. The van der Waals surface area contributed by atoms with Crippen LogP contribution in [0.5, 0.6) is 0 Å². The number of amides is 1. The maximum atomic E-state index is 12.7. The first-order valence-corrected chi connectivity index (χ1v) is 8.91. The molecule has 2 rings (SSSR count). The van der Waals surface area contributed by atoms with Gasteiger partial charge in [0.05, 0.1) is 12.2 Å². The Hall–Kier alpha value is -0.740. The van der Waals surface area contributed by atoms with Gasteiger partial charge < -0.3 is 14.4 Å². The Morgan fingerprint density at radius 3 is 2.14 bits per heavy atom. The van der Waals surface area contributed by atoms with Crippen molar-refractivity contribution in [2.24, 2.45) is 0 Å². The fraction of sp³-hybridized carbons (Fsp3) is 0.923. The lowest BCUT2D eigenvalue weighted by Crippen LogP contribution is -2.57. The van der Waals surface area contributed by atoms with Crippen LogP contribution in [0.1, 0.15) is 13.8 Å². The van der Waals surface area contributed by atoms with Crippen molar-refractivity contribution in [3.8, 4) is 0 Å². The summed E-state index contributed by atoms with van der Waals surface area (Å²) >= 11 is 0. The molecule has 0 spiro atoms. The van der Waals surface area contributed by atoms with Crippen LogP contribution >= 0.6 is 0 Å². The number of hydrogen-bond acceptors (Lipinski definition) is 5. The molecule has 0 aliphatic carbocycles. The molecule has 0 unspecified atom stereocenters. The highest BCUT2D eigenvalue weighted by Gasteiger charge is 2.37. The van der Waals surface area contributed by atoms with E-state index in [2.05, 4.69) is 0 Å². The van der Waals surface area contributed by atoms with E-state index in [-0.39, 0.29) is 24.7 Å². The van der Waals surface area contributed by atoms with Crippen LogP contribution in [0, 0.1) is 0 Å². The van der Waals surface area contributed by atoms with Gasteiger partial charge in [0.15, 0.2) is 0 Å². The average Bonchev–Trinajstić information content (AvgIpc) is 2.46. The first kappa shape index (κ1) is 17.6. The largest absolute Gasteiger partial charge is 0.375 e. The smallest absolute Gasteiger partial charge is 0.282 e. The molecule has 2 heterocycles. The van der Waals surface area contributed by atoms with Crippen molar-refractivity contribution in [3.05, 3.63) is 0 Å². The molecule has 2 fully saturated rings. The van der Waals surface area contributed by atoms with Gasteiger partial charge in [0.1, 0.15) is 6.61 Å². The number of rotatable bonds is 4. The molecule has 0 aromatic carbocycles. The number of carbonyl (C=O) groups is 1. The number of nitrogens with zero attached hydrogens (tertiary/aromatic N) is 3. The van der Waals surface area contributed by atoms with E-state index in [9.17, 15) is 13.2 Å². The second-order valence-corrected chi connectivity index (χ2v) is 7.72. The van der Waals surface area contributed by atoms with E-state index in [0.29, 0.717) is 39.3 Å². The number of hydrogen-bond donors (Lipinski definition) is 0. The summed E-state index contributed by atoms with van der Waals surface area (Å²) in [6.07, 6.45) is -0.216. The molecule has 2 aliphatic heterocycles. The van der Waals surface area contributed by atoms with Gasteiger partial charge in [-0.1, -0.05) is 0 Å². The lowest BCUT2D eigenvalue weighted by molar-refractivity contribution is -0.136. The van der Waals surface area contributed by atoms with Crippen LogP contribution in [-0.2, 0) is 24.5 Å². The Balaban J connectivity index is 1.96. The van der Waals surface area contributed by atoms with Crippen LogP contribution in [0.2, 0.25) is 0 Å². The van der Waals surface area contributed by atoms with Gasteiger partial charge in [0.2, 0.25) is 5.91 Å². The van der Waals surface area contributed by atoms with Crippen molar-refractivity contribution < 1.29 is 22.7 Å². The number of carbonyl (C=O) groups excluding carboxylic acids is 1. The van der Waals surface area contributed by atoms with Gasteiger partial charge >= 0.3 is 0 Å². The van der Waals surface area contributed by atoms with Crippen molar-refractivity contribution in [1.29, 1.82) is 0 Å². The Labute approximate surface area is 132 Å². The van der Waals surface area contributed by atoms with E-state index in [4.69, 9.17) is 9.47 Å². The maximum Gasteiger partial charge on any atom is 0.282 e. The Morgan fingerprint density at radius 2 is 1.64 bits per heavy atom. The molecule has 0 aromatic heterocycles. The number of piperazine rings is 1. The number of methoxy groups -OCH3 is 1. The van der Waals surface area contributed by atoms with Crippen molar-refractivity contribution in [2.45, 2.75) is 26.1 Å². The van der Waals surface area contributed by atoms with Crippen molar-refractivity contribution in [1.82, 2.24) is 13.5 Å². The van der Waals surface area contributed by atoms with Gasteiger partial charge in [-0.3, -0.25) is 4.79 Å². The van der Waals surface area contributed by atoms with E-state index < -0.39 is 10.2 Å². The highest BCUT2D eigenvalue weighted by atomic mass is 32.2. The molecule has 0 N–H and O–H groups in total. The fourth-order valence-electron chi connectivity index (χ4n) is 2.87. The third-order valence-corrected chi connectivity index (χ3v) is 5.87. The molecule has 8 nitrogen and oxygen atoms in total. The second kappa shape index (κ2) is 7.22. The minimum atomic E-state index is -3.49. The van der Waals surface area contributed by atoms with E-state index in [0.717, 1.165) is 0 Å². The summed E-state index contributed by atoms with van der Waals surface area (Å²) < 4.78 is 38.7. The highest BCUT2D eigenvalue weighted by molar-refractivity contribution is 7.86. The summed E-state index contributed by atoms with van der Waals surface area (Å²) in [5.41, 5.74) is 0. The summed E-state index contributed by atoms with van der Waals surface area (Å²) in [7, 11) is -2.02. The van der Waals surface area contributed by atoms with E-state index in [1.807, 2.05) is 13.8 Å². The van der Waals surface area contributed by atoms with Gasteiger partial charge in [-0.05, 0) is 13.8 Å². The summed E-state index contributed by atoms with van der Waals surface area (Å²) in [6.45, 7) is 5.96. The monoisotopic (exact) mass is 335 g/mol. The van der Waals surface area contributed by atoms with E-state index >= 15 is 0 Å². The molecule has 9 heteroatoms. The standard InChI is InChI=1S/C13H25N3O5S/c1-11-8-16(9-12(2)21-11)22(18,19)15-6-4-14(5-7-15)13(17)10-20-3/h11-12H,4-10H2,1-3H3/t11-,12-/m1/s1. The maximum absolute atomic E-state index is 12.7. The quantitative estimate of drug-likeness (QED) is 0.667. The van der Waals surface area contributed by atoms with Crippen molar-refractivity contribution >= 4 is 16.1 Å². The predicted octanol–water partition coefficient (Wildman–Crippen LogP) is -0.869. The summed E-state index contributed by atoms with van der Waals surface area (Å²) in [6, 6.07) is 0. The first-order valence-electron chi connectivity index (χ1n) is 7.52. The number of ether oxygens (including phenoxy) is 2. The summed E-state index contributed by atoms with van der Waals surface area (Å²) in [5.74, 6) is -0.104. The molecular formula is C13H25N3O5S. The third kappa shape index (κ3) is 3.96. The minimum Gasteiger partial charge on any atom is -0.375 e. The van der Waals surface area contributed by atoms with Crippen LogP contribution < -0.4 is 0 Å². The van der Waals surface area contributed by atoms with E-state index in [1.165, 1.54) is 15.7 Å². The van der Waals surface area contributed by atoms with Crippen LogP contribution in [0.3, 0.4) is 0 Å². The molecule has 128 valence electrons. The van der Waals surface area contributed by atoms with Gasteiger partial charge in [0, 0.05) is 46.4 Å².